The highest BCUT2D eigenvalue weighted by molar-refractivity contribution is 7.51. The molecule has 2 saturated heterocycles. The fourth-order valence-corrected chi connectivity index (χ4v) is 4.45. The van der Waals surface area contributed by atoms with Gasteiger partial charge >= 0.3 is 7.60 Å². The van der Waals surface area contributed by atoms with Gasteiger partial charge in [0, 0.05) is 0 Å². The highest BCUT2D eigenvalue weighted by Crippen LogP contribution is 2.39. The Bertz CT molecular complexity index is 1130. The molecule has 2 aliphatic rings. The van der Waals surface area contributed by atoms with Crippen LogP contribution in [0.4, 0.5) is 14.5 Å². The van der Waals surface area contributed by atoms with Gasteiger partial charge in [-0.15, -0.1) is 0 Å². The van der Waals surface area contributed by atoms with E-state index in [0.717, 1.165) is 4.68 Å². The Morgan fingerprint density at radius 2 is 1.97 bits per heavy atom. The molecule has 0 unspecified atom stereocenters. The Morgan fingerprint density at radius 1 is 1.30 bits per heavy atom. The van der Waals surface area contributed by atoms with Gasteiger partial charge < -0.3 is 34.4 Å². The molecule has 180 valence electrons. The van der Waals surface area contributed by atoms with E-state index >= 15 is 0 Å². The lowest BCUT2D eigenvalue weighted by atomic mass is 10.1. The number of nitriles is 1. The van der Waals surface area contributed by atoms with Crippen LogP contribution in [0.2, 0.25) is 5.15 Å². The molecule has 2 fully saturated rings. The SMILES string of the molecule is N#Cc1c(Cl)nc2c(cnn2[C@@H]2O[C@H](COCP(=O)(O)O)[C@@H](O)[C@H]2O)c1N1C[C@@H](F)[C@@H](F)C1. The van der Waals surface area contributed by atoms with Crippen LogP contribution >= 0.6 is 19.2 Å². The van der Waals surface area contributed by atoms with Crippen LogP contribution in [0, 0.1) is 11.3 Å². The number of aliphatic hydroxyl groups excluding tert-OH is 2. The van der Waals surface area contributed by atoms with Crippen LogP contribution in [-0.4, -0.2) is 91.5 Å². The van der Waals surface area contributed by atoms with Gasteiger partial charge in [0.2, 0.25) is 0 Å². The van der Waals surface area contributed by atoms with Gasteiger partial charge in [0.15, 0.2) is 29.4 Å². The quantitative estimate of drug-likeness (QED) is 0.310. The second-order valence-electron chi connectivity index (χ2n) is 7.71. The number of aromatic nitrogens is 3. The Hall–Kier alpha value is -1.95. The molecule has 2 aromatic rings. The van der Waals surface area contributed by atoms with Crippen LogP contribution in [0.25, 0.3) is 11.0 Å². The fourth-order valence-electron chi connectivity index (χ4n) is 3.89. The lowest BCUT2D eigenvalue weighted by Gasteiger charge is -2.21. The van der Waals surface area contributed by atoms with Crippen molar-refractivity contribution in [2.75, 3.05) is 30.9 Å². The Kier molecular flexibility index (Phi) is 6.60. The summed E-state index contributed by atoms with van der Waals surface area (Å²) < 4.78 is 50.2. The summed E-state index contributed by atoms with van der Waals surface area (Å²) in [4.78, 5) is 23.2. The first-order chi connectivity index (χ1) is 15.5. The number of fused-ring (bicyclic) bond motifs is 1. The molecule has 33 heavy (non-hydrogen) atoms. The first kappa shape index (κ1) is 24.2. The highest BCUT2D eigenvalue weighted by Gasteiger charge is 2.45. The van der Waals surface area contributed by atoms with E-state index in [1.165, 1.54) is 11.1 Å². The lowest BCUT2D eigenvalue weighted by molar-refractivity contribution is -0.0658. The maximum absolute atomic E-state index is 13.8. The second-order valence-corrected chi connectivity index (χ2v) is 9.66. The first-order valence-corrected chi connectivity index (χ1v) is 11.8. The number of aliphatic hydroxyl groups is 2. The zero-order valence-corrected chi connectivity index (χ0v) is 18.4. The largest absolute Gasteiger partial charge is 0.387 e. The number of anilines is 1. The third kappa shape index (κ3) is 4.55. The van der Waals surface area contributed by atoms with Crippen molar-refractivity contribution in [2.24, 2.45) is 0 Å². The maximum atomic E-state index is 13.8. The number of pyridine rings is 1. The molecule has 2 aromatic heterocycles. The number of hydrogen-bond acceptors (Lipinski definition) is 9. The molecule has 0 amide bonds. The van der Waals surface area contributed by atoms with Crippen molar-refractivity contribution < 1.29 is 42.8 Å². The van der Waals surface area contributed by atoms with Gasteiger partial charge in [0.25, 0.3) is 0 Å². The van der Waals surface area contributed by atoms with Gasteiger partial charge in [-0.05, 0) is 0 Å². The molecule has 16 heteroatoms. The zero-order chi connectivity index (χ0) is 24.1. The van der Waals surface area contributed by atoms with Crippen molar-refractivity contribution >= 4 is 35.9 Å². The van der Waals surface area contributed by atoms with E-state index in [1.807, 2.05) is 6.07 Å². The molecule has 0 spiro atoms. The van der Waals surface area contributed by atoms with Crippen LogP contribution in [0.5, 0.6) is 0 Å². The van der Waals surface area contributed by atoms with E-state index < -0.39 is 57.4 Å². The lowest BCUT2D eigenvalue weighted by Crippen LogP contribution is -2.34. The number of hydrogen-bond donors (Lipinski definition) is 4. The molecule has 0 saturated carbocycles. The number of rotatable bonds is 6. The summed E-state index contributed by atoms with van der Waals surface area (Å²) in [6.45, 7) is -1.05. The standard InChI is InChI=1S/C17H19ClF2N5O7P/c18-15-7(1-21)12(24-3-9(19)10(20)4-24)8-2-22-25(16(8)23-15)17-14(27)13(26)11(32-17)5-31-6-33(28,29)30/h2,9-11,13-14,17,26-27H,3-6H2,(H2,28,29,30)/t9-,10+,11-,13-,14-,17-/m1/s1. The van der Waals surface area contributed by atoms with E-state index in [4.69, 9.17) is 30.9 Å². The second kappa shape index (κ2) is 9.01. The molecular formula is C17H19ClF2N5O7P. The number of alkyl halides is 2. The van der Waals surface area contributed by atoms with Gasteiger partial charge in [-0.3, -0.25) is 4.57 Å². The molecule has 12 nitrogen and oxygen atoms in total. The molecule has 0 radical (unpaired) electrons. The van der Waals surface area contributed by atoms with E-state index in [9.17, 15) is 28.8 Å². The third-order valence-corrected chi connectivity index (χ3v) is 6.19. The molecule has 4 rings (SSSR count). The van der Waals surface area contributed by atoms with Crippen LogP contribution < -0.4 is 4.90 Å². The third-order valence-electron chi connectivity index (χ3n) is 5.40. The number of nitrogens with zero attached hydrogens (tertiary/aromatic N) is 5. The van der Waals surface area contributed by atoms with Crippen molar-refractivity contribution in [3.05, 3.63) is 16.9 Å². The van der Waals surface area contributed by atoms with Crippen LogP contribution in [-0.2, 0) is 14.0 Å². The normalized spacial score (nSPS) is 30.3. The summed E-state index contributed by atoms with van der Waals surface area (Å²) in [5, 5.41) is 34.4. The predicted molar refractivity (Wildman–Crippen MR) is 108 cm³/mol. The molecular weight excluding hydrogens is 491 g/mol. The van der Waals surface area contributed by atoms with Crippen molar-refractivity contribution in [1.82, 2.24) is 14.8 Å². The van der Waals surface area contributed by atoms with Gasteiger partial charge in [0.05, 0.1) is 37.0 Å². The monoisotopic (exact) mass is 509 g/mol. The highest BCUT2D eigenvalue weighted by atomic mass is 35.5. The Labute approximate surface area is 190 Å². The summed E-state index contributed by atoms with van der Waals surface area (Å²) >= 11 is 6.16. The van der Waals surface area contributed by atoms with E-state index in [0.29, 0.717) is 0 Å². The maximum Gasteiger partial charge on any atom is 0.350 e. The summed E-state index contributed by atoms with van der Waals surface area (Å²) in [6, 6.07) is 1.88. The summed E-state index contributed by atoms with van der Waals surface area (Å²) in [6.07, 6.45) is -8.60. The van der Waals surface area contributed by atoms with Crippen LogP contribution in [0.1, 0.15) is 11.8 Å². The first-order valence-electron chi connectivity index (χ1n) is 9.65. The van der Waals surface area contributed by atoms with Gasteiger partial charge in [-0.1, -0.05) is 11.6 Å². The molecule has 0 aliphatic carbocycles. The topological polar surface area (TPSA) is 174 Å². The minimum Gasteiger partial charge on any atom is -0.387 e. The van der Waals surface area contributed by atoms with Crippen molar-refractivity contribution in [2.45, 2.75) is 36.9 Å². The molecule has 2 aliphatic heterocycles. The summed E-state index contributed by atoms with van der Waals surface area (Å²) in [7, 11) is -4.44. The number of halogens is 3. The van der Waals surface area contributed by atoms with Crippen LogP contribution in [0.3, 0.4) is 0 Å². The average Bonchev–Trinajstić information content (AvgIpc) is 3.37. The van der Waals surface area contributed by atoms with Gasteiger partial charge in [-0.25, -0.2) is 18.4 Å². The smallest absolute Gasteiger partial charge is 0.350 e. The van der Waals surface area contributed by atoms with E-state index in [1.54, 1.807) is 0 Å². The minimum absolute atomic E-state index is 0.0275. The molecule has 4 heterocycles. The average molecular weight is 510 g/mol. The fraction of sp³-hybridized carbons (Fsp3) is 0.588. The van der Waals surface area contributed by atoms with Crippen LogP contribution in [0.15, 0.2) is 6.20 Å². The number of ether oxygens (including phenoxy) is 2. The van der Waals surface area contributed by atoms with E-state index in [-0.39, 0.29) is 40.5 Å². The molecule has 0 aromatic carbocycles. The Morgan fingerprint density at radius 3 is 2.58 bits per heavy atom. The zero-order valence-electron chi connectivity index (χ0n) is 16.7. The summed E-state index contributed by atoms with van der Waals surface area (Å²) in [5.74, 6) is 0. The van der Waals surface area contributed by atoms with Crippen molar-refractivity contribution in [1.29, 1.82) is 5.26 Å². The van der Waals surface area contributed by atoms with Crippen molar-refractivity contribution in [3.63, 3.8) is 0 Å². The molecule has 4 N–H and O–H groups in total. The predicted octanol–water partition coefficient (Wildman–Crippen LogP) is 0.224. The van der Waals surface area contributed by atoms with E-state index in [2.05, 4.69) is 10.1 Å². The molecule has 0 bridgehead atoms. The van der Waals surface area contributed by atoms with Gasteiger partial charge in [-0.2, -0.15) is 10.4 Å². The summed E-state index contributed by atoms with van der Waals surface area (Å²) in [5.41, 5.74) is 0.0671. The Balaban J connectivity index is 1.67. The van der Waals surface area contributed by atoms with Gasteiger partial charge in [0.1, 0.15) is 36.3 Å². The minimum atomic E-state index is -4.44. The molecule has 6 atom stereocenters. The van der Waals surface area contributed by atoms with Crippen molar-refractivity contribution in [3.8, 4) is 6.07 Å².